The van der Waals surface area contributed by atoms with E-state index in [2.05, 4.69) is 15.5 Å². The lowest BCUT2D eigenvalue weighted by atomic mass is 10.2. The van der Waals surface area contributed by atoms with E-state index in [-0.39, 0.29) is 5.82 Å². The van der Waals surface area contributed by atoms with Gasteiger partial charge < -0.3 is 15.4 Å². The summed E-state index contributed by atoms with van der Waals surface area (Å²) in [4.78, 5) is 10.1. The molecule has 0 spiro atoms. The normalized spacial score (nSPS) is 10.7. The van der Waals surface area contributed by atoms with E-state index >= 15 is 0 Å². The average molecular weight is 264 g/mol. The molecule has 0 amide bonds. The zero-order chi connectivity index (χ0) is 14.0. The van der Waals surface area contributed by atoms with Crippen molar-refractivity contribution in [3.8, 4) is 0 Å². The lowest BCUT2D eigenvalue weighted by Gasteiger charge is -2.06. The smallest absolute Gasteiger partial charge is 0.370 e. The van der Waals surface area contributed by atoms with Crippen LogP contribution in [0.3, 0.4) is 0 Å². The summed E-state index contributed by atoms with van der Waals surface area (Å²) in [7, 11) is 1.86. The lowest BCUT2D eigenvalue weighted by Crippen LogP contribution is -2.08. The molecule has 8 nitrogen and oxygen atoms in total. The molecule has 0 aliphatic heterocycles. The SMILES string of the molecule is CCNc1c(Cn2ccc([N+](=O)[O-])n2)c(C)nn1C. The molecule has 1 N–H and O–H groups in total. The summed E-state index contributed by atoms with van der Waals surface area (Å²) in [5, 5.41) is 22.1. The first-order valence-corrected chi connectivity index (χ1v) is 5.97. The molecule has 0 atom stereocenters. The Balaban J connectivity index is 2.29. The number of nitro groups is 1. The van der Waals surface area contributed by atoms with Gasteiger partial charge in [0.1, 0.15) is 5.82 Å². The molecular formula is C11H16N6O2. The second kappa shape index (κ2) is 5.09. The van der Waals surface area contributed by atoms with Gasteiger partial charge in [0, 0.05) is 19.2 Å². The molecule has 2 aromatic heterocycles. The van der Waals surface area contributed by atoms with Gasteiger partial charge in [0.2, 0.25) is 0 Å². The number of hydrogen-bond acceptors (Lipinski definition) is 5. The first kappa shape index (κ1) is 13.1. The van der Waals surface area contributed by atoms with E-state index in [0.29, 0.717) is 6.54 Å². The first-order chi connectivity index (χ1) is 9.02. The molecule has 0 bridgehead atoms. The van der Waals surface area contributed by atoms with Crippen LogP contribution >= 0.6 is 0 Å². The van der Waals surface area contributed by atoms with Gasteiger partial charge in [-0.15, -0.1) is 0 Å². The van der Waals surface area contributed by atoms with Crippen LogP contribution in [-0.4, -0.2) is 31.0 Å². The fourth-order valence-corrected chi connectivity index (χ4v) is 1.98. The van der Waals surface area contributed by atoms with Crippen LogP contribution in [0, 0.1) is 17.0 Å². The van der Waals surface area contributed by atoms with Crippen molar-refractivity contribution in [1.82, 2.24) is 19.6 Å². The Kier molecular flexibility index (Phi) is 3.50. The molecule has 0 saturated carbocycles. The maximum absolute atomic E-state index is 10.6. The number of aryl methyl sites for hydroxylation is 2. The number of anilines is 1. The Morgan fingerprint density at radius 2 is 2.21 bits per heavy atom. The summed E-state index contributed by atoms with van der Waals surface area (Å²) in [5.41, 5.74) is 1.87. The quantitative estimate of drug-likeness (QED) is 0.649. The standard InChI is InChI=1S/C11H16N6O2/c1-4-12-11-9(8(2)13-15(11)3)7-16-6-5-10(14-16)17(18)19/h5-6,12H,4,7H2,1-3H3. The Morgan fingerprint density at radius 1 is 1.47 bits per heavy atom. The molecule has 0 aliphatic carbocycles. The summed E-state index contributed by atoms with van der Waals surface area (Å²) in [6.07, 6.45) is 1.60. The van der Waals surface area contributed by atoms with E-state index in [4.69, 9.17) is 0 Å². The van der Waals surface area contributed by atoms with Crippen molar-refractivity contribution in [2.24, 2.45) is 7.05 Å². The van der Waals surface area contributed by atoms with Gasteiger partial charge in [-0.3, -0.25) is 4.68 Å². The van der Waals surface area contributed by atoms with E-state index in [1.165, 1.54) is 6.07 Å². The van der Waals surface area contributed by atoms with Crippen molar-refractivity contribution in [3.63, 3.8) is 0 Å². The van der Waals surface area contributed by atoms with Crippen molar-refractivity contribution in [3.05, 3.63) is 33.6 Å². The summed E-state index contributed by atoms with van der Waals surface area (Å²) < 4.78 is 3.31. The largest absolute Gasteiger partial charge is 0.389 e. The van der Waals surface area contributed by atoms with Gasteiger partial charge in [-0.05, 0) is 18.8 Å². The second-order valence-electron chi connectivity index (χ2n) is 4.20. The Bertz CT molecular complexity index is 600. The topological polar surface area (TPSA) is 90.8 Å². The van der Waals surface area contributed by atoms with Gasteiger partial charge in [-0.25, -0.2) is 0 Å². The van der Waals surface area contributed by atoms with Crippen LogP contribution in [0.25, 0.3) is 0 Å². The number of hydrogen-bond donors (Lipinski definition) is 1. The molecule has 0 fully saturated rings. The summed E-state index contributed by atoms with van der Waals surface area (Å²) in [6.45, 7) is 5.15. The molecule has 0 aromatic carbocycles. The molecule has 102 valence electrons. The van der Waals surface area contributed by atoms with Crippen LogP contribution < -0.4 is 5.32 Å². The van der Waals surface area contributed by atoms with Gasteiger partial charge in [0.05, 0.1) is 29.6 Å². The lowest BCUT2D eigenvalue weighted by molar-refractivity contribution is -0.389. The molecule has 2 heterocycles. The van der Waals surface area contributed by atoms with Crippen molar-refractivity contribution in [1.29, 1.82) is 0 Å². The molecule has 8 heteroatoms. The fourth-order valence-electron chi connectivity index (χ4n) is 1.98. The molecular weight excluding hydrogens is 248 g/mol. The van der Waals surface area contributed by atoms with Crippen molar-refractivity contribution in [2.75, 3.05) is 11.9 Å². The Hall–Kier alpha value is -2.38. The van der Waals surface area contributed by atoms with Gasteiger partial charge in [-0.2, -0.15) is 9.78 Å². The maximum Gasteiger partial charge on any atom is 0.389 e. The minimum Gasteiger partial charge on any atom is -0.370 e. The monoisotopic (exact) mass is 264 g/mol. The van der Waals surface area contributed by atoms with Crippen LogP contribution in [0.15, 0.2) is 12.3 Å². The maximum atomic E-state index is 10.6. The fraction of sp³-hybridized carbons (Fsp3) is 0.455. The van der Waals surface area contributed by atoms with Gasteiger partial charge in [-0.1, -0.05) is 0 Å². The van der Waals surface area contributed by atoms with Gasteiger partial charge >= 0.3 is 5.82 Å². The van der Waals surface area contributed by atoms with E-state index in [1.54, 1.807) is 15.6 Å². The Labute approximate surface area is 110 Å². The van der Waals surface area contributed by atoms with E-state index in [1.807, 2.05) is 20.9 Å². The molecule has 19 heavy (non-hydrogen) atoms. The van der Waals surface area contributed by atoms with Gasteiger partial charge in [0.25, 0.3) is 0 Å². The van der Waals surface area contributed by atoms with Crippen LogP contribution in [-0.2, 0) is 13.6 Å². The third kappa shape index (κ3) is 2.56. The van der Waals surface area contributed by atoms with Crippen molar-refractivity contribution in [2.45, 2.75) is 20.4 Å². The van der Waals surface area contributed by atoms with Crippen molar-refractivity contribution >= 4 is 11.6 Å². The highest BCUT2D eigenvalue weighted by molar-refractivity contribution is 5.47. The van der Waals surface area contributed by atoms with Crippen LogP contribution in [0.4, 0.5) is 11.6 Å². The molecule has 0 aliphatic rings. The Morgan fingerprint density at radius 3 is 2.79 bits per heavy atom. The van der Waals surface area contributed by atoms with E-state index in [9.17, 15) is 10.1 Å². The highest BCUT2D eigenvalue weighted by Gasteiger charge is 2.17. The number of aromatic nitrogens is 4. The minimum atomic E-state index is -0.502. The van der Waals surface area contributed by atoms with Gasteiger partial charge in [0.15, 0.2) is 0 Å². The third-order valence-electron chi connectivity index (χ3n) is 2.82. The zero-order valence-electron chi connectivity index (χ0n) is 11.1. The average Bonchev–Trinajstić information content (AvgIpc) is 2.90. The predicted molar refractivity (Wildman–Crippen MR) is 70.1 cm³/mol. The molecule has 0 saturated heterocycles. The second-order valence-corrected chi connectivity index (χ2v) is 4.20. The number of nitrogens with one attached hydrogen (secondary N) is 1. The number of nitrogens with zero attached hydrogens (tertiary/aromatic N) is 5. The summed E-state index contributed by atoms with van der Waals surface area (Å²) in [6, 6.07) is 1.39. The summed E-state index contributed by atoms with van der Waals surface area (Å²) >= 11 is 0. The predicted octanol–water partition coefficient (Wildman–Crippen LogP) is 1.31. The molecule has 2 rings (SSSR count). The highest BCUT2D eigenvalue weighted by Crippen LogP contribution is 2.20. The van der Waals surface area contributed by atoms with Crippen LogP contribution in [0.5, 0.6) is 0 Å². The molecule has 0 radical (unpaired) electrons. The van der Waals surface area contributed by atoms with E-state index < -0.39 is 4.92 Å². The van der Waals surface area contributed by atoms with Crippen molar-refractivity contribution < 1.29 is 4.92 Å². The van der Waals surface area contributed by atoms with Crippen LogP contribution in [0.1, 0.15) is 18.2 Å². The summed E-state index contributed by atoms with van der Waals surface area (Å²) in [5.74, 6) is 0.768. The van der Waals surface area contributed by atoms with Crippen LogP contribution in [0.2, 0.25) is 0 Å². The minimum absolute atomic E-state index is 0.147. The highest BCUT2D eigenvalue weighted by atomic mass is 16.6. The molecule has 0 unspecified atom stereocenters. The third-order valence-corrected chi connectivity index (χ3v) is 2.82. The number of rotatable bonds is 5. The first-order valence-electron chi connectivity index (χ1n) is 5.97. The molecule has 2 aromatic rings. The zero-order valence-corrected chi connectivity index (χ0v) is 11.1. The van der Waals surface area contributed by atoms with E-state index in [0.717, 1.165) is 23.6 Å².